The third-order valence-electron chi connectivity index (χ3n) is 10.1. The summed E-state index contributed by atoms with van der Waals surface area (Å²) in [6.45, 7) is 0. The summed E-state index contributed by atoms with van der Waals surface area (Å²) in [6, 6.07) is 69.2. The Morgan fingerprint density at radius 3 is 1.60 bits per heavy atom. The molecular weight excluding hydrogens is 661 g/mol. The third-order valence-corrected chi connectivity index (χ3v) is 11.4. The van der Waals surface area contributed by atoms with Crippen LogP contribution < -0.4 is 0 Å². The van der Waals surface area contributed by atoms with Crippen LogP contribution in [0.25, 0.3) is 98.2 Å². The third kappa shape index (κ3) is 5.68. The van der Waals surface area contributed by atoms with E-state index in [4.69, 9.17) is 9.97 Å². The lowest BCUT2D eigenvalue weighted by Gasteiger charge is -2.16. The topological polar surface area (TPSA) is 25.8 Å². The molecule has 2 nitrogen and oxygen atoms in total. The highest BCUT2D eigenvalue weighted by atomic mass is 32.1. The Morgan fingerprint density at radius 1 is 0.340 bits per heavy atom. The van der Waals surface area contributed by atoms with Gasteiger partial charge in [-0.25, -0.2) is 9.97 Å². The van der Waals surface area contributed by atoms with Crippen molar-refractivity contribution in [2.45, 2.75) is 0 Å². The zero-order chi connectivity index (χ0) is 35.1. The van der Waals surface area contributed by atoms with Gasteiger partial charge < -0.3 is 0 Å². The number of benzene rings is 8. The second-order valence-corrected chi connectivity index (χ2v) is 14.4. The second-order valence-electron chi connectivity index (χ2n) is 13.3. The Hall–Kier alpha value is -6.68. The van der Waals surface area contributed by atoms with Crippen LogP contribution >= 0.6 is 11.3 Å². The first-order valence-electron chi connectivity index (χ1n) is 17.9. The van der Waals surface area contributed by atoms with E-state index in [0.717, 1.165) is 44.6 Å². The van der Waals surface area contributed by atoms with E-state index in [1.807, 2.05) is 17.4 Å². The van der Waals surface area contributed by atoms with Crippen molar-refractivity contribution in [1.29, 1.82) is 0 Å². The monoisotopic (exact) mass is 692 g/mol. The summed E-state index contributed by atoms with van der Waals surface area (Å²) in [4.78, 5) is 10.6. The molecule has 2 aromatic heterocycles. The van der Waals surface area contributed by atoms with Crippen LogP contribution in [-0.2, 0) is 0 Å². The minimum atomic E-state index is 0.712. The molecule has 0 unspecified atom stereocenters. The van der Waals surface area contributed by atoms with Crippen LogP contribution in [0.1, 0.15) is 0 Å². The van der Waals surface area contributed by atoms with E-state index in [1.165, 1.54) is 47.8 Å². The van der Waals surface area contributed by atoms with Crippen molar-refractivity contribution in [1.82, 2.24) is 9.97 Å². The van der Waals surface area contributed by atoms with E-state index < -0.39 is 0 Å². The molecule has 10 aromatic rings. The fourth-order valence-electron chi connectivity index (χ4n) is 7.49. The lowest BCUT2D eigenvalue weighted by atomic mass is 9.90. The maximum atomic E-state index is 5.35. The summed E-state index contributed by atoms with van der Waals surface area (Å²) >= 11 is 1.83. The molecule has 0 radical (unpaired) electrons. The molecule has 0 aliphatic heterocycles. The number of aromatic nitrogens is 2. The summed E-state index contributed by atoms with van der Waals surface area (Å²) in [6.07, 6.45) is 0. The molecule has 0 saturated heterocycles. The van der Waals surface area contributed by atoms with Gasteiger partial charge in [-0.3, -0.25) is 0 Å². The zero-order valence-corrected chi connectivity index (χ0v) is 29.6. The molecule has 0 saturated carbocycles. The van der Waals surface area contributed by atoms with Gasteiger partial charge in [-0.2, -0.15) is 0 Å². The molecule has 3 heteroatoms. The van der Waals surface area contributed by atoms with Gasteiger partial charge in [-0.1, -0.05) is 182 Å². The van der Waals surface area contributed by atoms with E-state index in [0.29, 0.717) is 5.82 Å². The van der Waals surface area contributed by atoms with Crippen LogP contribution in [0.15, 0.2) is 194 Å². The summed E-state index contributed by atoms with van der Waals surface area (Å²) in [5.74, 6) is 0.712. The average Bonchev–Trinajstić information content (AvgIpc) is 3.63. The summed E-state index contributed by atoms with van der Waals surface area (Å²) < 4.78 is 2.52. The highest BCUT2D eigenvalue weighted by Crippen LogP contribution is 2.43. The van der Waals surface area contributed by atoms with Gasteiger partial charge in [0.15, 0.2) is 5.82 Å². The van der Waals surface area contributed by atoms with Gasteiger partial charge in [-0.15, -0.1) is 11.3 Å². The Labute approximate surface area is 312 Å². The molecule has 0 aliphatic rings. The molecule has 8 aromatic carbocycles. The van der Waals surface area contributed by atoms with Gasteiger partial charge in [0.2, 0.25) is 0 Å². The van der Waals surface area contributed by atoms with Gasteiger partial charge in [-0.05, 0) is 56.3 Å². The Kier molecular flexibility index (Phi) is 7.71. The minimum Gasteiger partial charge on any atom is -0.228 e. The quantitative estimate of drug-likeness (QED) is 0.173. The number of fused-ring (bicyclic) bond motifs is 4. The maximum absolute atomic E-state index is 5.35. The molecule has 10 rings (SSSR count). The van der Waals surface area contributed by atoms with Crippen molar-refractivity contribution in [3.8, 4) is 67.3 Å². The lowest BCUT2D eigenvalue weighted by Crippen LogP contribution is -1.98. The summed E-state index contributed by atoms with van der Waals surface area (Å²) in [5.41, 5.74) is 12.1. The van der Waals surface area contributed by atoms with E-state index >= 15 is 0 Å². The lowest BCUT2D eigenvalue weighted by molar-refractivity contribution is 1.19. The smallest absolute Gasteiger partial charge is 0.160 e. The minimum absolute atomic E-state index is 0.712. The SMILES string of the molecule is c1ccc(-c2ccc(-c3ccc(-c4ccc5ccccc5c4-c4cc(-c5cccc6c5sc5ccccc56)nc(-c5ccccc5)n4)cc3)cc2)cc1. The number of rotatable bonds is 6. The Morgan fingerprint density at radius 2 is 0.887 bits per heavy atom. The Balaban J connectivity index is 1.14. The number of hydrogen-bond acceptors (Lipinski definition) is 3. The standard InChI is InChI=1S/C50H32N2S/c1-3-12-33(13-4-1)34-22-24-35(25-23-34)36-26-28-38(29-27-36)41-31-30-37-14-7-8-17-40(37)48(41)46-32-45(51-50(52-46)39-15-5-2-6-16-39)44-20-11-19-43-42-18-9-10-21-47(42)53-49(43)44/h1-32H. The largest absolute Gasteiger partial charge is 0.228 e. The highest BCUT2D eigenvalue weighted by Gasteiger charge is 2.19. The van der Waals surface area contributed by atoms with Gasteiger partial charge >= 0.3 is 0 Å². The van der Waals surface area contributed by atoms with Crippen LogP contribution in [0.3, 0.4) is 0 Å². The van der Waals surface area contributed by atoms with Crippen LogP contribution in [0, 0.1) is 0 Å². The van der Waals surface area contributed by atoms with Crippen molar-refractivity contribution in [2.75, 3.05) is 0 Å². The summed E-state index contributed by atoms with van der Waals surface area (Å²) in [7, 11) is 0. The van der Waals surface area contributed by atoms with Gasteiger partial charge in [0.05, 0.1) is 11.4 Å². The van der Waals surface area contributed by atoms with Crippen LogP contribution in [0.4, 0.5) is 0 Å². The molecule has 0 atom stereocenters. The number of hydrogen-bond donors (Lipinski definition) is 0. The fourth-order valence-corrected chi connectivity index (χ4v) is 8.72. The molecule has 248 valence electrons. The van der Waals surface area contributed by atoms with Gasteiger partial charge in [0.1, 0.15) is 0 Å². The van der Waals surface area contributed by atoms with Crippen LogP contribution in [0.2, 0.25) is 0 Å². The van der Waals surface area contributed by atoms with Crippen molar-refractivity contribution >= 4 is 42.3 Å². The number of thiophene rings is 1. The first-order valence-corrected chi connectivity index (χ1v) is 18.7. The van der Waals surface area contributed by atoms with Crippen molar-refractivity contribution in [2.24, 2.45) is 0 Å². The molecule has 0 amide bonds. The van der Waals surface area contributed by atoms with Crippen molar-refractivity contribution < 1.29 is 0 Å². The Bertz CT molecular complexity index is 2910. The van der Waals surface area contributed by atoms with E-state index in [-0.39, 0.29) is 0 Å². The van der Waals surface area contributed by atoms with E-state index in [1.54, 1.807) is 0 Å². The van der Waals surface area contributed by atoms with Crippen molar-refractivity contribution in [3.05, 3.63) is 194 Å². The maximum Gasteiger partial charge on any atom is 0.160 e. The first kappa shape index (κ1) is 31.1. The van der Waals surface area contributed by atoms with Crippen molar-refractivity contribution in [3.63, 3.8) is 0 Å². The fraction of sp³-hybridized carbons (Fsp3) is 0. The molecule has 53 heavy (non-hydrogen) atoms. The average molecular weight is 693 g/mol. The molecule has 0 aliphatic carbocycles. The highest BCUT2D eigenvalue weighted by molar-refractivity contribution is 7.26. The van der Waals surface area contributed by atoms with Gasteiger partial charge in [0, 0.05) is 36.9 Å². The van der Waals surface area contributed by atoms with E-state index in [9.17, 15) is 0 Å². The molecule has 0 spiro atoms. The normalized spacial score (nSPS) is 11.4. The zero-order valence-electron chi connectivity index (χ0n) is 28.8. The number of nitrogens with zero attached hydrogens (tertiary/aromatic N) is 2. The van der Waals surface area contributed by atoms with Crippen LogP contribution in [-0.4, -0.2) is 9.97 Å². The molecule has 0 fully saturated rings. The predicted molar refractivity (Wildman–Crippen MR) is 225 cm³/mol. The molecule has 0 bridgehead atoms. The molecule has 0 N–H and O–H groups in total. The molecular formula is C50H32N2S. The predicted octanol–water partition coefficient (Wildman–Crippen LogP) is 14.0. The van der Waals surface area contributed by atoms with Gasteiger partial charge in [0.25, 0.3) is 0 Å². The molecule has 2 heterocycles. The first-order chi connectivity index (χ1) is 26.3. The summed E-state index contributed by atoms with van der Waals surface area (Å²) in [5, 5.41) is 4.87. The van der Waals surface area contributed by atoms with E-state index in [2.05, 4.69) is 188 Å². The van der Waals surface area contributed by atoms with Crippen LogP contribution in [0.5, 0.6) is 0 Å². The second kappa shape index (κ2) is 13.1.